The normalized spacial score (nSPS) is 13.2. The molecule has 0 aromatic heterocycles. The first-order chi connectivity index (χ1) is 19.2. The van der Waals surface area contributed by atoms with Gasteiger partial charge in [0.1, 0.15) is 6.61 Å². The summed E-state index contributed by atoms with van der Waals surface area (Å²) < 4.78 is 33.7. The van der Waals surface area contributed by atoms with E-state index in [2.05, 4.69) is 63.4 Å². The standard InChI is InChI=1S/C31H47NO7Si/c1-31(2,3)40(4,5)39-23-22-37-21-20-36-19-18-35-17-16-34-15-14-32-30(33)38-24-29-27-12-8-6-10-25(27)26-11-7-9-13-28(26)29/h6-13,29H,14-24H2,1-5H3,(H,32,33). The van der Waals surface area contributed by atoms with Gasteiger partial charge in [0.15, 0.2) is 8.32 Å². The first-order valence-electron chi connectivity index (χ1n) is 14.2. The molecule has 0 atom stereocenters. The maximum Gasteiger partial charge on any atom is 0.407 e. The van der Waals surface area contributed by atoms with E-state index >= 15 is 0 Å². The number of ether oxygens (including phenoxy) is 5. The molecule has 222 valence electrons. The van der Waals surface area contributed by atoms with Gasteiger partial charge in [-0.25, -0.2) is 4.79 Å². The third-order valence-electron chi connectivity index (χ3n) is 7.47. The third kappa shape index (κ3) is 9.97. The van der Waals surface area contributed by atoms with Crippen LogP contribution in [-0.4, -0.2) is 87.0 Å². The summed E-state index contributed by atoms with van der Waals surface area (Å²) in [6.07, 6.45) is -0.439. The van der Waals surface area contributed by atoms with Crippen LogP contribution in [0.1, 0.15) is 37.8 Å². The Balaban J connectivity index is 1.12. The quantitative estimate of drug-likeness (QED) is 0.183. The number of hydrogen-bond acceptors (Lipinski definition) is 7. The largest absolute Gasteiger partial charge is 0.449 e. The van der Waals surface area contributed by atoms with Gasteiger partial charge in [-0.2, -0.15) is 0 Å². The van der Waals surface area contributed by atoms with Crippen molar-refractivity contribution in [1.82, 2.24) is 5.32 Å². The van der Waals surface area contributed by atoms with Crippen LogP contribution in [0.5, 0.6) is 0 Å². The van der Waals surface area contributed by atoms with E-state index in [4.69, 9.17) is 28.1 Å². The second-order valence-corrected chi connectivity index (χ2v) is 16.1. The van der Waals surface area contributed by atoms with Gasteiger partial charge in [0.2, 0.25) is 0 Å². The third-order valence-corrected chi connectivity index (χ3v) is 12.0. The molecule has 1 aliphatic carbocycles. The number of benzene rings is 2. The van der Waals surface area contributed by atoms with Crippen LogP contribution in [0.3, 0.4) is 0 Å². The van der Waals surface area contributed by atoms with Crippen molar-refractivity contribution < 1.29 is 32.9 Å². The highest BCUT2D eigenvalue weighted by atomic mass is 28.4. The molecule has 0 unspecified atom stereocenters. The molecule has 0 aliphatic heterocycles. The summed E-state index contributed by atoms with van der Waals surface area (Å²) >= 11 is 0. The van der Waals surface area contributed by atoms with Crippen LogP contribution in [0.2, 0.25) is 18.1 Å². The molecule has 40 heavy (non-hydrogen) atoms. The highest BCUT2D eigenvalue weighted by molar-refractivity contribution is 6.74. The van der Waals surface area contributed by atoms with Crippen molar-refractivity contribution in [2.75, 3.05) is 72.6 Å². The molecule has 8 nitrogen and oxygen atoms in total. The summed E-state index contributed by atoms with van der Waals surface area (Å²) in [5, 5.41) is 2.96. The fourth-order valence-electron chi connectivity index (χ4n) is 4.21. The zero-order valence-electron chi connectivity index (χ0n) is 24.8. The summed E-state index contributed by atoms with van der Waals surface area (Å²) in [4.78, 5) is 12.2. The Hall–Kier alpha value is -2.27. The number of rotatable bonds is 18. The molecule has 2 aromatic carbocycles. The number of carbonyl (C=O) groups is 1. The number of amides is 1. The maximum atomic E-state index is 12.2. The van der Waals surface area contributed by atoms with Gasteiger partial charge in [-0.15, -0.1) is 0 Å². The molecular weight excluding hydrogens is 526 g/mol. The van der Waals surface area contributed by atoms with E-state index in [1.165, 1.54) is 22.3 Å². The van der Waals surface area contributed by atoms with Crippen LogP contribution < -0.4 is 5.32 Å². The van der Waals surface area contributed by atoms with Crippen molar-refractivity contribution in [3.05, 3.63) is 59.7 Å². The molecule has 1 N–H and O–H groups in total. The minimum atomic E-state index is -1.70. The van der Waals surface area contributed by atoms with Crippen LogP contribution in [-0.2, 0) is 28.1 Å². The van der Waals surface area contributed by atoms with E-state index < -0.39 is 14.4 Å². The zero-order chi connectivity index (χ0) is 28.8. The zero-order valence-corrected chi connectivity index (χ0v) is 25.8. The van der Waals surface area contributed by atoms with E-state index in [9.17, 15) is 4.79 Å². The minimum absolute atomic E-state index is 0.0510. The molecule has 9 heteroatoms. The lowest BCUT2D eigenvalue weighted by molar-refractivity contribution is -0.00472. The SMILES string of the molecule is CC(C)(C)[Si](C)(C)OCCOCCOCCOCCOCCNC(=O)OCC1c2ccccc2-c2ccccc21. The van der Waals surface area contributed by atoms with Gasteiger partial charge in [-0.3, -0.25) is 0 Å². The summed E-state index contributed by atoms with van der Waals surface area (Å²) in [6, 6.07) is 16.6. The fraction of sp³-hybridized carbons (Fsp3) is 0.581. The smallest absolute Gasteiger partial charge is 0.407 e. The van der Waals surface area contributed by atoms with Gasteiger partial charge >= 0.3 is 6.09 Å². The lowest BCUT2D eigenvalue weighted by Gasteiger charge is -2.36. The highest BCUT2D eigenvalue weighted by Crippen LogP contribution is 2.44. The fourth-order valence-corrected chi connectivity index (χ4v) is 5.24. The van der Waals surface area contributed by atoms with Crippen molar-refractivity contribution >= 4 is 14.4 Å². The van der Waals surface area contributed by atoms with E-state index in [1.807, 2.05) is 24.3 Å². The number of alkyl carbamates (subject to hydrolysis) is 1. The first kappa shape index (κ1) is 32.2. The summed E-state index contributed by atoms with van der Waals surface area (Å²) in [5.41, 5.74) is 4.81. The number of fused-ring (bicyclic) bond motifs is 3. The Bertz CT molecular complexity index is 995. The van der Waals surface area contributed by atoms with Crippen LogP contribution in [0.15, 0.2) is 48.5 Å². The second-order valence-electron chi connectivity index (χ2n) is 11.3. The van der Waals surface area contributed by atoms with Gasteiger partial charge in [0, 0.05) is 12.5 Å². The number of carbonyl (C=O) groups excluding carboxylic acids is 1. The minimum Gasteiger partial charge on any atom is -0.449 e. The van der Waals surface area contributed by atoms with Crippen molar-refractivity contribution in [3.63, 3.8) is 0 Å². The molecule has 1 aliphatic rings. The lowest BCUT2D eigenvalue weighted by atomic mass is 9.98. The number of hydrogen-bond donors (Lipinski definition) is 1. The topological polar surface area (TPSA) is 84.5 Å². The first-order valence-corrected chi connectivity index (χ1v) is 17.2. The van der Waals surface area contributed by atoms with Crippen molar-refractivity contribution in [1.29, 1.82) is 0 Å². The van der Waals surface area contributed by atoms with Gasteiger partial charge in [-0.1, -0.05) is 69.3 Å². The molecule has 0 fully saturated rings. The Labute approximate surface area is 240 Å². The molecule has 3 rings (SSSR count). The second kappa shape index (κ2) is 16.2. The van der Waals surface area contributed by atoms with Crippen molar-refractivity contribution in [2.45, 2.75) is 44.8 Å². The van der Waals surface area contributed by atoms with Crippen molar-refractivity contribution in [2.24, 2.45) is 0 Å². The van der Waals surface area contributed by atoms with Gasteiger partial charge in [0.05, 0.1) is 59.5 Å². The van der Waals surface area contributed by atoms with Crippen LogP contribution >= 0.6 is 0 Å². The molecule has 1 amide bonds. The highest BCUT2D eigenvalue weighted by Gasteiger charge is 2.36. The Morgan fingerprint density at radius 1 is 0.725 bits per heavy atom. The Morgan fingerprint density at radius 2 is 1.18 bits per heavy atom. The van der Waals surface area contributed by atoms with Gasteiger partial charge in [0.25, 0.3) is 0 Å². The molecule has 0 radical (unpaired) electrons. The van der Waals surface area contributed by atoms with E-state index in [0.29, 0.717) is 72.6 Å². The molecule has 0 saturated heterocycles. The lowest BCUT2D eigenvalue weighted by Crippen LogP contribution is -2.41. The van der Waals surface area contributed by atoms with Crippen molar-refractivity contribution in [3.8, 4) is 11.1 Å². The summed E-state index contributed by atoms with van der Waals surface area (Å²) in [6.45, 7) is 16.4. The monoisotopic (exact) mass is 573 g/mol. The number of nitrogens with one attached hydrogen (secondary N) is 1. The molecular formula is C31H47NO7Si. The average molecular weight is 574 g/mol. The van der Waals surface area contributed by atoms with E-state index in [-0.39, 0.29) is 11.0 Å². The molecule has 0 spiro atoms. The van der Waals surface area contributed by atoms with E-state index in [1.54, 1.807) is 0 Å². The maximum absolute atomic E-state index is 12.2. The predicted molar refractivity (Wildman–Crippen MR) is 159 cm³/mol. The average Bonchev–Trinajstić information content (AvgIpc) is 3.24. The molecule has 0 heterocycles. The Morgan fingerprint density at radius 3 is 1.68 bits per heavy atom. The summed E-state index contributed by atoms with van der Waals surface area (Å²) in [5.74, 6) is 0.0510. The van der Waals surface area contributed by atoms with Gasteiger partial charge < -0.3 is 33.4 Å². The molecule has 0 bridgehead atoms. The van der Waals surface area contributed by atoms with E-state index in [0.717, 1.165) is 0 Å². The van der Waals surface area contributed by atoms with Crippen LogP contribution in [0.4, 0.5) is 4.79 Å². The predicted octanol–water partition coefficient (Wildman–Crippen LogP) is 5.61. The summed E-state index contributed by atoms with van der Waals surface area (Å²) in [7, 11) is -1.70. The van der Waals surface area contributed by atoms with Crippen LogP contribution in [0, 0.1) is 0 Å². The van der Waals surface area contributed by atoms with Gasteiger partial charge in [-0.05, 0) is 40.4 Å². The Kier molecular flexibility index (Phi) is 13.1. The molecule has 2 aromatic rings. The van der Waals surface area contributed by atoms with Crippen LogP contribution in [0.25, 0.3) is 11.1 Å². The molecule has 0 saturated carbocycles.